The van der Waals surface area contributed by atoms with E-state index in [-0.39, 0.29) is 18.0 Å². The number of esters is 1. The molecule has 1 heterocycles. The van der Waals surface area contributed by atoms with Gasteiger partial charge in [0.25, 0.3) is 5.91 Å². The van der Waals surface area contributed by atoms with Crippen LogP contribution in [0, 0.1) is 11.6 Å². The van der Waals surface area contributed by atoms with Crippen LogP contribution in [0.4, 0.5) is 14.5 Å². The van der Waals surface area contributed by atoms with Gasteiger partial charge in [0.2, 0.25) is 0 Å². The molecule has 0 radical (unpaired) electrons. The SMILES string of the molecule is COC(=O)COc1cc(-c2ccc(F)cc2)nc2ccc(NC(=O)c3cccc(F)c3)cc12. The molecular formula is C25H18F2N2O4. The van der Waals surface area contributed by atoms with Gasteiger partial charge in [-0.15, -0.1) is 0 Å². The molecule has 3 aromatic carbocycles. The number of ether oxygens (including phenoxy) is 2. The van der Waals surface area contributed by atoms with Gasteiger partial charge >= 0.3 is 5.97 Å². The first kappa shape index (κ1) is 21.9. The van der Waals surface area contributed by atoms with E-state index in [0.29, 0.717) is 33.6 Å². The largest absolute Gasteiger partial charge is 0.481 e. The molecule has 8 heteroatoms. The van der Waals surface area contributed by atoms with Crippen LogP contribution in [0.15, 0.2) is 72.8 Å². The zero-order valence-electron chi connectivity index (χ0n) is 17.5. The topological polar surface area (TPSA) is 77.5 Å². The van der Waals surface area contributed by atoms with Gasteiger partial charge in [0.05, 0.1) is 18.3 Å². The molecule has 0 bridgehead atoms. The number of amides is 1. The number of nitrogens with zero attached hydrogens (tertiary/aromatic N) is 1. The fourth-order valence-corrected chi connectivity index (χ4v) is 3.19. The summed E-state index contributed by atoms with van der Waals surface area (Å²) in [7, 11) is 1.25. The Morgan fingerprint density at radius 3 is 2.45 bits per heavy atom. The van der Waals surface area contributed by atoms with E-state index in [9.17, 15) is 18.4 Å². The molecule has 0 unspecified atom stereocenters. The molecular weight excluding hydrogens is 430 g/mol. The zero-order valence-corrected chi connectivity index (χ0v) is 17.5. The molecule has 166 valence electrons. The van der Waals surface area contributed by atoms with Crippen molar-refractivity contribution in [2.45, 2.75) is 0 Å². The number of fused-ring (bicyclic) bond motifs is 1. The Balaban J connectivity index is 1.72. The standard InChI is InChI=1S/C25H18F2N2O4/c1-32-24(30)14-33-23-13-22(15-5-7-17(26)8-6-15)29-21-10-9-19(12-20(21)23)28-25(31)16-3-2-4-18(27)11-16/h2-13H,14H2,1H3,(H,28,31). The summed E-state index contributed by atoms with van der Waals surface area (Å²) in [5, 5.41) is 3.24. The zero-order chi connectivity index (χ0) is 23.4. The predicted octanol–water partition coefficient (Wildman–Crippen LogP) is 4.98. The number of halogens is 2. The van der Waals surface area contributed by atoms with Gasteiger partial charge < -0.3 is 14.8 Å². The molecule has 0 aliphatic heterocycles. The summed E-state index contributed by atoms with van der Waals surface area (Å²) in [5.41, 5.74) is 2.29. The Morgan fingerprint density at radius 2 is 1.73 bits per heavy atom. The number of carbonyl (C=O) groups is 2. The van der Waals surface area contributed by atoms with Crippen LogP contribution in [0.25, 0.3) is 22.2 Å². The van der Waals surface area contributed by atoms with Crippen molar-refractivity contribution in [2.24, 2.45) is 0 Å². The lowest BCUT2D eigenvalue weighted by atomic mass is 10.1. The van der Waals surface area contributed by atoms with Gasteiger partial charge in [-0.05, 0) is 60.7 Å². The van der Waals surface area contributed by atoms with Gasteiger partial charge in [-0.25, -0.2) is 18.6 Å². The quantitative estimate of drug-likeness (QED) is 0.421. The lowest BCUT2D eigenvalue weighted by molar-refractivity contribution is -0.142. The first-order valence-electron chi connectivity index (χ1n) is 9.90. The second-order valence-electron chi connectivity index (χ2n) is 7.07. The van der Waals surface area contributed by atoms with Crippen LogP contribution in [0.3, 0.4) is 0 Å². The minimum absolute atomic E-state index is 0.169. The predicted molar refractivity (Wildman–Crippen MR) is 119 cm³/mol. The number of hydrogen-bond acceptors (Lipinski definition) is 5. The molecule has 1 N–H and O–H groups in total. The highest BCUT2D eigenvalue weighted by molar-refractivity contribution is 6.05. The van der Waals surface area contributed by atoms with Crippen LogP contribution in [0.1, 0.15) is 10.4 Å². The third kappa shape index (κ3) is 5.12. The van der Waals surface area contributed by atoms with E-state index in [1.54, 1.807) is 36.4 Å². The van der Waals surface area contributed by atoms with Gasteiger partial charge in [-0.1, -0.05) is 6.07 Å². The number of nitrogens with one attached hydrogen (secondary N) is 1. The Morgan fingerprint density at radius 1 is 0.939 bits per heavy atom. The van der Waals surface area contributed by atoms with Crippen molar-refractivity contribution < 1.29 is 27.8 Å². The number of methoxy groups -OCH3 is 1. The minimum atomic E-state index is -0.571. The Bertz CT molecular complexity index is 1340. The van der Waals surface area contributed by atoms with Crippen molar-refractivity contribution in [3.63, 3.8) is 0 Å². The molecule has 1 aromatic heterocycles. The first-order chi connectivity index (χ1) is 15.9. The van der Waals surface area contributed by atoms with Crippen molar-refractivity contribution in [1.29, 1.82) is 0 Å². The van der Waals surface area contributed by atoms with Crippen molar-refractivity contribution >= 4 is 28.5 Å². The van der Waals surface area contributed by atoms with E-state index in [2.05, 4.69) is 15.0 Å². The fraction of sp³-hybridized carbons (Fsp3) is 0.0800. The molecule has 6 nitrogen and oxygen atoms in total. The molecule has 0 spiro atoms. The van der Waals surface area contributed by atoms with Gasteiger partial charge in [-0.2, -0.15) is 0 Å². The maximum absolute atomic E-state index is 13.4. The highest BCUT2D eigenvalue weighted by atomic mass is 19.1. The van der Waals surface area contributed by atoms with Gasteiger partial charge in [0, 0.05) is 28.3 Å². The summed E-state index contributed by atoms with van der Waals surface area (Å²) in [5.74, 6) is -1.62. The summed E-state index contributed by atoms with van der Waals surface area (Å²) < 4.78 is 37.1. The molecule has 4 rings (SSSR count). The van der Waals surface area contributed by atoms with Crippen molar-refractivity contribution in [3.05, 3.63) is 90.0 Å². The third-order valence-corrected chi connectivity index (χ3v) is 4.83. The summed E-state index contributed by atoms with van der Waals surface area (Å²) in [6.07, 6.45) is 0. The number of carbonyl (C=O) groups excluding carboxylic acids is 2. The average molecular weight is 448 g/mol. The van der Waals surface area contributed by atoms with Crippen molar-refractivity contribution in [1.82, 2.24) is 4.98 Å². The summed E-state index contributed by atoms with van der Waals surface area (Å²) in [6, 6.07) is 17.7. The Labute approximate surface area is 187 Å². The van der Waals surface area contributed by atoms with Crippen LogP contribution >= 0.6 is 0 Å². The van der Waals surface area contributed by atoms with Crippen molar-refractivity contribution in [3.8, 4) is 17.0 Å². The highest BCUT2D eigenvalue weighted by Crippen LogP contribution is 2.32. The Kier molecular flexibility index (Phi) is 6.26. The van der Waals surface area contributed by atoms with Crippen LogP contribution in [-0.2, 0) is 9.53 Å². The van der Waals surface area contributed by atoms with Crippen LogP contribution in [-0.4, -0.2) is 30.6 Å². The van der Waals surface area contributed by atoms with Gasteiger partial charge in [-0.3, -0.25) is 4.79 Å². The van der Waals surface area contributed by atoms with E-state index in [0.717, 1.165) is 6.07 Å². The minimum Gasteiger partial charge on any atom is -0.481 e. The maximum atomic E-state index is 13.4. The summed E-state index contributed by atoms with van der Waals surface area (Å²) in [4.78, 5) is 28.7. The average Bonchev–Trinajstić information content (AvgIpc) is 2.82. The van der Waals surface area contributed by atoms with E-state index >= 15 is 0 Å². The second-order valence-corrected chi connectivity index (χ2v) is 7.07. The molecule has 1 amide bonds. The van der Waals surface area contributed by atoms with Crippen LogP contribution in [0.5, 0.6) is 5.75 Å². The smallest absolute Gasteiger partial charge is 0.343 e. The third-order valence-electron chi connectivity index (χ3n) is 4.83. The van der Waals surface area contributed by atoms with Crippen LogP contribution < -0.4 is 10.1 Å². The van der Waals surface area contributed by atoms with E-state index in [1.807, 2.05) is 0 Å². The molecule has 4 aromatic rings. The van der Waals surface area contributed by atoms with Gasteiger partial charge in [0.1, 0.15) is 17.4 Å². The number of anilines is 1. The number of aromatic nitrogens is 1. The number of benzene rings is 3. The monoisotopic (exact) mass is 448 g/mol. The second kappa shape index (κ2) is 9.44. The molecule has 0 atom stereocenters. The number of rotatable bonds is 6. The van der Waals surface area contributed by atoms with E-state index in [4.69, 9.17) is 4.74 Å². The maximum Gasteiger partial charge on any atom is 0.343 e. The number of hydrogen-bond donors (Lipinski definition) is 1. The molecule has 0 fully saturated rings. The Hall–Kier alpha value is -4.33. The molecule has 0 aliphatic rings. The normalized spacial score (nSPS) is 10.6. The van der Waals surface area contributed by atoms with Crippen LogP contribution in [0.2, 0.25) is 0 Å². The summed E-state index contributed by atoms with van der Waals surface area (Å²) in [6.45, 7) is -0.335. The number of pyridine rings is 1. The first-order valence-corrected chi connectivity index (χ1v) is 9.90. The fourth-order valence-electron chi connectivity index (χ4n) is 3.19. The molecule has 33 heavy (non-hydrogen) atoms. The van der Waals surface area contributed by atoms with E-state index < -0.39 is 17.7 Å². The molecule has 0 saturated carbocycles. The highest BCUT2D eigenvalue weighted by Gasteiger charge is 2.13. The molecule has 0 saturated heterocycles. The lowest BCUT2D eigenvalue weighted by Crippen LogP contribution is -2.13. The van der Waals surface area contributed by atoms with E-state index in [1.165, 1.54) is 37.4 Å². The van der Waals surface area contributed by atoms with Crippen molar-refractivity contribution in [2.75, 3.05) is 19.0 Å². The lowest BCUT2D eigenvalue weighted by Gasteiger charge is -2.13. The summed E-state index contributed by atoms with van der Waals surface area (Å²) >= 11 is 0. The molecule has 0 aliphatic carbocycles. The van der Waals surface area contributed by atoms with Gasteiger partial charge in [0.15, 0.2) is 6.61 Å².